The Bertz CT molecular complexity index is 853. The molecule has 0 heterocycles. The molecule has 0 saturated heterocycles. The van der Waals surface area contributed by atoms with E-state index in [1.807, 2.05) is 0 Å². The standard InChI is InChI=1S/C16H15BrClNO4S/c1-10-8-13(6-7-14(10)17)24(22,23)19-15(9-16(20)21)11-2-4-12(18)5-3-11/h2-8,15,19H,9H2,1H3,(H,20,21)/t15-/m0/s1. The number of benzene rings is 2. The van der Waals surface area contributed by atoms with Crippen molar-refractivity contribution in [3.8, 4) is 0 Å². The van der Waals surface area contributed by atoms with Crippen LogP contribution in [0.15, 0.2) is 51.8 Å². The molecule has 1 atom stereocenters. The summed E-state index contributed by atoms with van der Waals surface area (Å²) < 4.78 is 28.4. The molecule has 2 aromatic rings. The topological polar surface area (TPSA) is 83.5 Å². The van der Waals surface area contributed by atoms with Crippen LogP contribution in [0.25, 0.3) is 0 Å². The maximum atomic E-state index is 12.6. The zero-order valence-corrected chi connectivity index (χ0v) is 15.8. The van der Waals surface area contributed by atoms with Gasteiger partial charge in [-0.15, -0.1) is 0 Å². The van der Waals surface area contributed by atoms with Crippen molar-refractivity contribution in [1.29, 1.82) is 0 Å². The number of sulfonamides is 1. The Balaban J connectivity index is 2.35. The monoisotopic (exact) mass is 431 g/mol. The van der Waals surface area contributed by atoms with Crippen LogP contribution in [0.4, 0.5) is 0 Å². The molecule has 0 unspecified atom stereocenters. The molecule has 2 rings (SSSR count). The number of aliphatic carboxylic acids is 1. The van der Waals surface area contributed by atoms with Crippen LogP contribution in [0.5, 0.6) is 0 Å². The molecule has 0 aliphatic carbocycles. The van der Waals surface area contributed by atoms with Gasteiger partial charge in [-0.25, -0.2) is 13.1 Å². The van der Waals surface area contributed by atoms with E-state index >= 15 is 0 Å². The first-order valence-corrected chi connectivity index (χ1v) is 9.60. The summed E-state index contributed by atoms with van der Waals surface area (Å²) >= 11 is 9.14. The molecule has 8 heteroatoms. The van der Waals surface area contributed by atoms with Crippen molar-refractivity contribution in [2.45, 2.75) is 24.3 Å². The van der Waals surface area contributed by atoms with Gasteiger partial charge in [0.1, 0.15) is 0 Å². The Morgan fingerprint density at radius 1 is 1.25 bits per heavy atom. The lowest BCUT2D eigenvalue weighted by molar-refractivity contribution is -0.137. The number of carboxylic acids is 1. The van der Waals surface area contributed by atoms with E-state index in [1.54, 1.807) is 37.3 Å². The number of aryl methyl sites for hydroxylation is 1. The molecular weight excluding hydrogens is 418 g/mol. The molecule has 2 N–H and O–H groups in total. The van der Waals surface area contributed by atoms with E-state index in [9.17, 15) is 13.2 Å². The average molecular weight is 433 g/mol. The van der Waals surface area contributed by atoms with Crippen molar-refractivity contribution in [2.75, 3.05) is 0 Å². The van der Waals surface area contributed by atoms with Crippen molar-refractivity contribution in [1.82, 2.24) is 4.72 Å². The number of hydrogen-bond acceptors (Lipinski definition) is 3. The molecule has 24 heavy (non-hydrogen) atoms. The van der Waals surface area contributed by atoms with Gasteiger partial charge in [-0.2, -0.15) is 0 Å². The molecule has 2 aromatic carbocycles. The van der Waals surface area contributed by atoms with E-state index in [1.165, 1.54) is 12.1 Å². The van der Waals surface area contributed by atoms with E-state index in [0.717, 1.165) is 10.0 Å². The second kappa shape index (κ2) is 7.65. The Labute approximate surface area is 153 Å². The predicted molar refractivity (Wildman–Crippen MR) is 95.6 cm³/mol. The lowest BCUT2D eigenvalue weighted by atomic mass is 10.1. The van der Waals surface area contributed by atoms with E-state index < -0.39 is 22.0 Å². The summed E-state index contributed by atoms with van der Waals surface area (Å²) in [5.41, 5.74) is 1.29. The second-order valence-corrected chi connectivity index (χ2v) is 8.24. The highest BCUT2D eigenvalue weighted by Crippen LogP contribution is 2.24. The maximum absolute atomic E-state index is 12.6. The van der Waals surface area contributed by atoms with E-state index in [-0.39, 0.29) is 11.3 Å². The highest BCUT2D eigenvalue weighted by atomic mass is 79.9. The van der Waals surface area contributed by atoms with Gasteiger partial charge in [0.15, 0.2) is 0 Å². The van der Waals surface area contributed by atoms with Gasteiger partial charge in [-0.05, 0) is 48.4 Å². The molecule has 5 nitrogen and oxygen atoms in total. The average Bonchev–Trinajstić information content (AvgIpc) is 2.49. The van der Waals surface area contributed by atoms with Crippen molar-refractivity contribution in [3.63, 3.8) is 0 Å². The van der Waals surface area contributed by atoms with Crippen LogP contribution in [0.1, 0.15) is 23.6 Å². The minimum atomic E-state index is -3.87. The number of carboxylic acid groups (broad SMARTS) is 1. The molecular formula is C16H15BrClNO4S. The molecule has 0 aliphatic heterocycles. The molecule has 0 bridgehead atoms. The smallest absolute Gasteiger partial charge is 0.305 e. The van der Waals surface area contributed by atoms with Gasteiger partial charge >= 0.3 is 5.97 Å². The van der Waals surface area contributed by atoms with Crippen molar-refractivity contribution >= 4 is 43.5 Å². The summed E-state index contributed by atoms with van der Waals surface area (Å²) in [5, 5.41) is 9.57. The Morgan fingerprint density at radius 2 is 1.88 bits per heavy atom. The molecule has 128 valence electrons. The Morgan fingerprint density at radius 3 is 2.42 bits per heavy atom. The number of carbonyl (C=O) groups is 1. The van der Waals surface area contributed by atoms with Crippen LogP contribution in [0.3, 0.4) is 0 Å². The van der Waals surface area contributed by atoms with Crippen LogP contribution < -0.4 is 4.72 Å². The molecule has 0 amide bonds. The van der Waals surface area contributed by atoms with Crippen LogP contribution in [0, 0.1) is 6.92 Å². The van der Waals surface area contributed by atoms with E-state index in [2.05, 4.69) is 20.7 Å². The fourth-order valence-electron chi connectivity index (χ4n) is 2.14. The van der Waals surface area contributed by atoms with Gasteiger partial charge in [0.05, 0.1) is 17.4 Å². The predicted octanol–water partition coefficient (Wildman–Crippen LogP) is 3.91. The molecule has 0 fully saturated rings. The fourth-order valence-corrected chi connectivity index (χ4v) is 3.82. The first kappa shape index (κ1) is 18.9. The summed E-state index contributed by atoms with van der Waals surface area (Å²) in [5.74, 6) is -1.11. The summed E-state index contributed by atoms with van der Waals surface area (Å²) in [7, 11) is -3.87. The zero-order valence-electron chi connectivity index (χ0n) is 12.7. The summed E-state index contributed by atoms with van der Waals surface area (Å²) in [6.45, 7) is 1.77. The Kier molecular flexibility index (Phi) is 6.03. The number of hydrogen-bond donors (Lipinski definition) is 2. The number of nitrogens with one attached hydrogen (secondary N) is 1. The van der Waals surface area contributed by atoms with Crippen LogP contribution >= 0.6 is 27.5 Å². The van der Waals surface area contributed by atoms with Crippen molar-refractivity contribution in [3.05, 3.63) is 63.1 Å². The first-order chi connectivity index (χ1) is 11.2. The van der Waals surface area contributed by atoms with Gasteiger partial charge in [0, 0.05) is 9.50 Å². The quantitative estimate of drug-likeness (QED) is 0.725. The SMILES string of the molecule is Cc1cc(S(=O)(=O)N[C@@H](CC(=O)O)c2ccc(Cl)cc2)ccc1Br. The number of halogens is 2. The van der Waals surface area contributed by atoms with Crippen molar-refractivity contribution in [2.24, 2.45) is 0 Å². The lowest BCUT2D eigenvalue weighted by Crippen LogP contribution is -2.30. The summed E-state index contributed by atoms with van der Waals surface area (Å²) in [6.07, 6.45) is -0.379. The minimum Gasteiger partial charge on any atom is -0.481 e. The van der Waals surface area contributed by atoms with Gasteiger partial charge in [-0.1, -0.05) is 39.7 Å². The van der Waals surface area contributed by atoms with Crippen LogP contribution in [-0.4, -0.2) is 19.5 Å². The lowest BCUT2D eigenvalue weighted by Gasteiger charge is -2.18. The largest absolute Gasteiger partial charge is 0.481 e. The zero-order chi connectivity index (χ0) is 17.9. The van der Waals surface area contributed by atoms with E-state index in [4.69, 9.17) is 16.7 Å². The van der Waals surface area contributed by atoms with Gasteiger partial charge in [0.2, 0.25) is 10.0 Å². The third kappa shape index (κ3) is 4.80. The summed E-state index contributed by atoms with van der Waals surface area (Å²) in [6, 6.07) is 10.1. The first-order valence-electron chi connectivity index (χ1n) is 6.95. The van der Waals surface area contributed by atoms with Gasteiger partial charge in [0.25, 0.3) is 0 Å². The van der Waals surface area contributed by atoms with Gasteiger partial charge in [-0.3, -0.25) is 4.79 Å². The summed E-state index contributed by atoms with van der Waals surface area (Å²) in [4.78, 5) is 11.2. The van der Waals surface area contributed by atoms with Crippen LogP contribution in [0.2, 0.25) is 5.02 Å². The highest BCUT2D eigenvalue weighted by molar-refractivity contribution is 9.10. The van der Waals surface area contributed by atoms with Crippen LogP contribution in [-0.2, 0) is 14.8 Å². The third-order valence-electron chi connectivity index (χ3n) is 3.39. The molecule has 0 aliphatic rings. The normalized spacial score (nSPS) is 12.8. The fraction of sp³-hybridized carbons (Fsp3) is 0.188. The highest BCUT2D eigenvalue weighted by Gasteiger charge is 2.24. The third-order valence-corrected chi connectivity index (χ3v) is 6.00. The Hall–Kier alpha value is -1.41. The number of rotatable bonds is 6. The molecule has 0 aromatic heterocycles. The molecule has 0 radical (unpaired) electrons. The van der Waals surface area contributed by atoms with Crippen molar-refractivity contribution < 1.29 is 18.3 Å². The molecule has 0 saturated carbocycles. The van der Waals surface area contributed by atoms with Gasteiger partial charge < -0.3 is 5.11 Å². The molecule has 0 spiro atoms. The van der Waals surface area contributed by atoms with E-state index in [0.29, 0.717) is 10.6 Å². The minimum absolute atomic E-state index is 0.0764. The maximum Gasteiger partial charge on any atom is 0.305 e. The second-order valence-electron chi connectivity index (χ2n) is 5.23.